The third-order valence-electron chi connectivity index (χ3n) is 4.91. The fourth-order valence-electron chi connectivity index (χ4n) is 3.11. The van der Waals surface area contributed by atoms with Gasteiger partial charge in [-0.2, -0.15) is 0 Å². The fourth-order valence-corrected chi connectivity index (χ4v) is 3.92. The number of anilines is 1. The molecule has 6 nitrogen and oxygen atoms in total. The van der Waals surface area contributed by atoms with E-state index in [2.05, 4.69) is 28.2 Å². The monoisotopic (exact) mass is 398 g/mol. The molecule has 0 unspecified atom stereocenters. The Hall–Kier alpha value is -2.12. The van der Waals surface area contributed by atoms with Crippen molar-refractivity contribution < 1.29 is 9.53 Å². The number of amides is 1. The zero-order chi connectivity index (χ0) is 19.3. The maximum atomic E-state index is 12.3. The first-order chi connectivity index (χ1) is 13.7. The van der Waals surface area contributed by atoms with Gasteiger partial charge in [0.2, 0.25) is 0 Å². The van der Waals surface area contributed by atoms with Gasteiger partial charge in [0.25, 0.3) is 5.91 Å². The standard InChI is InChI=1S/C21H26N4O2S/c1-2-17-13-19(25-8-10-27-11-9-25)24-21(23-17)28-14-15-4-3-5-16(12-15)20(26)22-18-6-7-18/h3-5,12-13,18H,2,6-11,14H2,1H3,(H,22,26). The fraction of sp³-hybridized carbons (Fsp3) is 0.476. The Labute approximate surface area is 170 Å². The SMILES string of the molecule is CCc1cc(N2CCOCC2)nc(SCc2cccc(C(=O)NC3CC3)c2)n1. The van der Waals surface area contributed by atoms with Crippen LogP contribution in [0.1, 0.15) is 41.4 Å². The molecule has 1 aliphatic carbocycles. The highest BCUT2D eigenvalue weighted by molar-refractivity contribution is 7.98. The first kappa shape index (κ1) is 19.2. The Kier molecular flexibility index (Phi) is 6.12. The zero-order valence-electron chi connectivity index (χ0n) is 16.2. The van der Waals surface area contributed by atoms with Crippen LogP contribution < -0.4 is 10.2 Å². The van der Waals surface area contributed by atoms with E-state index in [0.717, 1.165) is 79.1 Å². The summed E-state index contributed by atoms with van der Waals surface area (Å²) in [5.74, 6) is 1.74. The van der Waals surface area contributed by atoms with Gasteiger partial charge >= 0.3 is 0 Å². The second-order valence-corrected chi connectivity index (χ2v) is 8.13. The molecule has 7 heteroatoms. The van der Waals surface area contributed by atoms with Crippen molar-refractivity contribution in [1.29, 1.82) is 0 Å². The first-order valence-electron chi connectivity index (χ1n) is 9.94. The van der Waals surface area contributed by atoms with Crippen LogP contribution in [0.4, 0.5) is 5.82 Å². The molecule has 1 aliphatic heterocycles. The van der Waals surface area contributed by atoms with Crippen LogP contribution in [0.2, 0.25) is 0 Å². The van der Waals surface area contributed by atoms with E-state index in [1.165, 1.54) is 0 Å². The molecule has 2 aromatic rings. The topological polar surface area (TPSA) is 67.3 Å². The average Bonchev–Trinajstić information content (AvgIpc) is 3.57. The van der Waals surface area contributed by atoms with E-state index >= 15 is 0 Å². The van der Waals surface area contributed by atoms with Crippen LogP contribution in [0, 0.1) is 0 Å². The third kappa shape index (κ3) is 5.02. The van der Waals surface area contributed by atoms with E-state index < -0.39 is 0 Å². The predicted molar refractivity (Wildman–Crippen MR) is 111 cm³/mol. The summed E-state index contributed by atoms with van der Waals surface area (Å²) in [7, 11) is 0. The first-order valence-corrected chi connectivity index (χ1v) is 10.9. The van der Waals surface area contributed by atoms with Gasteiger partial charge in [-0.25, -0.2) is 9.97 Å². The molecule has 0 atom stereocenters. The van der Waals surface area contributed by atoms with Gasteiger partial charge in [0.1, 0.15) is 5.82 Å². The molecule has 1 aromatic carbocycles. The highest BCUT2D eigenvalue weighted by Gasteiger charge is 2.23. The number of thioether (sulfide) groups is 1. The van der Waals surface area contributed by atoms with Crippen molar-refractivity contribution in [2.24, 2.45) is 0 Å². The molecular formula is C21H26N4O2S. The van der Waals surface area contributed by atoms with Crippen LogP contribution in [-0.2, 0) is 16.9 Å². The van der Waals surface area contributed by atoms with Gasteiger partial charge in [-0.05, 0) is 37.0 Å². The quantitative estimate of drug-likeness (QED) is 0.571. The number of carbonyl (C=O) groups excluding carboxylic acids is 1. The van der Waals surface area contributed by atoms with Crippen molar-refractivity contribution >= 4 is 23.5 Å². The Morgan fingerprint density at radius 2 is 2.07 bits per heavy atom. The van der Waals surface area contributed by atoms with E-state index in [1.807, 2.05) is 24.3 Å². The van der Waals surface area contributed by atoms with Gasteiger partial charge in [-0.15, -0.1) is 0 Å². The predicted octanol–water partition coefficient (Wildman–Crippen LogP) is 3.06. The van der Waals surface area contributed by atoms with Gasteiger partial charge < -0.3 is 15.0 Å². The van der Waals surface area contributed by atoms with Crippen LogP contribution in [0.5, 0.6) is 0 Å². The molecule has 2 fully saturated rings. The van der Waals surface area contributed by atoms with E-state index in [1.54, 1.807) is 11.8 Å². The smallest absolute Gasteiger partial charge is 0.251 e. The summed E-state index contributed by atoms with van der Waals surface area (Å²) in [4.78, 5) is 24.0. The van der Waals surface area contributed by atoms with Crippen LogP contribution in [-0.4, -0.2) is 48.2 Å². The van der Waals surface area contributed by atoms with Crippen LogP contribution in [0.3, 0.4) is 0 Å². The summed E-state index contributed by atoms with van der Waals surface area (Å²) in [6, 6.07) is 10.3. The van der Waals surface area contributed by atoms with Crippen molar-refractivity contribution in [3.63, 3.8) is 0 Å². The highest BCUT2D eigenvalue weighted by atomic mass is 32.2. The Morgan fingerprint density at radius 3 is 2.82 bits per heavy atom. The molecule has 2 aliphatic rings. The van der Waals surface area contributed by atoms with Gasteiger partial charge in [0.05, 0.1) is 13.2 Å². The summed E-state index contributed by atoms with van der Waals surface area (Å²) in [6.45, 7) is 5.32. The summed E-state index contributed by atoms with van der Waals surface area (Å²) in [5.41, 5.74) is 2.88. The molecule has 0 spiro atoms. The van der Waals surface area contributed by atoms with E-state index in [4.69, 9.17) is 9.72 Å². The van der Waals surface area contributed by atoms with Gasteiger partial charge in [-0.3, -0.25) is 4.79 Å². The summed E-state index contributed by atoms with van der Waals surface area (Å²) in [5, 5.41) is 3.83. The zero-order valence-corrected chi connectivity index (χ0v) is 17.0. The number of rotatable bonds is 7. The normalized spacial score (nSPS) is 16.8. The molecule has 2 heterocycles. The van der Waals surface area contributed by atoms with Crippen LogP contribution >= 0.6 is 11.8 Å². The number of morpholine rings is 1. The summed E-state index contributed by atoms with van der Waals surface area (Å²) < 4.78 is 5.45. The molecular weight excluding hydrogens is 372 g/mol. The Bertz CT molecular complexity index is 835. The minimum atomic E-state index is 0.0215. The van der Waals surface area contributed by atoms with Gasteiger partial charge in [-0.1, -0.05) is 30.8 Å². The lowest BCUT2D eigenvalue weighted by molar-refractivity contribution is 0.0951. The number of carbonyl (C=O) groups is 1. The number of nitrogens with zero attached hydrogens (tertiary/aromatic N) is 3. The lowest BCUT2D eigenvalue weighted by atomic mass is 10.1. The minimum absolute atomic E-state index is 0.0215. The Balaban J connectivity index is 1.44. The highest BCUT2D eigenvalue weighted by Crippen LogP contribution is 2.24. The molecule has 1 N–H and O–H groups in total. The molecule has 1 saturated carbocycles. The molecule has 0 bridgehead atoms. The lowest BCUT2D eigenvalue weighted by Gasteiger charge is -2.28. The van der Waals surface area contributed by atoms with Crippen molar-refractivity contribution in [1.82, 2.24) is 15.3 Å². The second kappa shape index (κ2) is 8.92. The van der Waals surface area contributed by atoms with E-state index in [0.29, 0.717) is 6.04 Å². The number of aromatic nitrogens is 2. The van der Waals surface area contributed by atoms with Crippen molar-refractivity contribution in [3.8, 4) is 0 Å². The molecule has 0 radical (unpaired) electrons. The summed E-state index contributed by atoms with van der Waals surface area (Å²) in [6.07, 6.45) is 3.07. The molecule has 4 rings (SSSR count). The molecule has 1 amide bonds. The Morgan fingerprint density at radius 1 is 1.25 bits per heavy atom. The average molecular weight is 399 g/mol. The number of hydrogen-bond donors (Lipinski definition) is 1. The number of nitrogens with one attached hydrogen (secondary N) is 1. The lowest BCUT2D eigenvalue weighted by Crippen LogP contribution is -2.37. The molecule has 1 saturated heterocycles. The number of benzene rings is 1. The molecule has 1 aromatic heterocycles. The number of hydrogen-bond acceptors (Lipinski definition) is 6. The van der Waals surface area contributed by atoms with Crippen LogP contribution in [0.25, 0.3) is 0 Å². The molecule has 148 valence electrons. The number of aryl methyl sites for hydroxylation is 1. The van der Waals surface area contributed by atoms with Crippen molar-refractivity contribution in [2.45, 2.75) is 43.1 Å². The minimum Gasteiger partial charge on any atom is -0.378 e. The second-order valence-electron chi connectivity index (χ2n) is 7.19. The maximum absolute atomic E-state index is 12.3. The third-order valence-corrected chi connectivity index (χ3v) is 5.83. The summed E-state index contributed by atoms with van der Waals surface area (Å²) >= 11 is 1.62. The van der Waals surface area contributed by atoms with Crippen molar-refractivity contribution in [3.05, 3.63) is 47.2 Å². The van der Waals surface area contributed by atoms with Gasteiger partial charge in [0.15, 0.2) is 5.16 Å². The largest absolute Gasteiger partial charge is 0.378 e. The van der Waals surface area contributed by atoms with E-state index in [9.17, 15) is 4.79 Å². The van der Waals surface area contributed by atoms with Crippen molar-refractivity contribution in [2.75, 3.05) is 31.2 Å². The van der Waals surface area contributed by atoms with Gasteiger partial charge in [0, 0.05) is 42.2 Å². The van der Waals surface area contributed by atoms with Crippen LogP contribution in [0.15, 0.2) is 35.5 Å². The number of ether oxygens (including phenoxy) is 1. The molecule has 28 heavy (non-hydrogen) atoms. The maximum Gasteiger partial charge on any atom is 0.251 e. The van der Waals surface area contributed by atoms with E-state index in [-0.39, 0.29) is 5.91 Å².